The lowest BCUT2D eigenvalue weighted by molar-refractivity contribution is 0.365. The quantitative estimate of drug-likeness (QED) is 0.805. The Kier molecular flexibility index (Phi) is 2.33. The van der Waals surface area contributed by atoms with Crippen LogP contribution in [-0.2, 0) is 0 Å². The van der Waals surface area contributed by atoms with E-state index in [1.54, 1.807) is 6.07 Å². The highest BCUT2D eigenvalue weighted by atomic mass is 16.5. The molecule has 0 radical (unpaired) electrons. The summed E-state index contributed by atoms with van der Waals surface area (Å²) in [5.41, 5.74) is 2.89. The standard InChI is InChI=1S/C15H12O2/c16-14-7-3-2-6-13(14)12-9-11-5-1-4-8-15(11)17-10-12/h1-9,16H,10H2. The lowest BCUT2D eigenvalue weighted by Gasteiger charge is -2.18. The molecular weight excluding hydrogens is 212 g/mol. The van der Waals surface area contributed by atoms with Gasteiger partial charge in [0.15, 0.2) is 0 Å². The fourth-order valence-electron chi connectivity index (χ4n) is 2.02. The van der Waals surface area contributed by atoms with Crippen molar-refractivity contribution >= 4 is 11.6 Å². The van der Waals surface area contributed by atoms with Crippen LogP contribution in [0.25, 0.3) is 11.6 Å². The maximum absolute atomic E-state index is 9.81. The molecule has 0 aromatic heterocycles. The molecule has 3 rings (SSSR count). The molecule has 0 saturated carbocycles. The van der Waals surface area contributed by atoms with E-state index in [4.69, 9.17) is 4.74 Å². The summed E-state index contributed by atoms with van der Waals surface area (Å²) in [6, 6.07) is 15.2. The van der Waals surface area contributed by atoms with Crippen LogP contribution in [0.1, 0.15) is 11.1 Å². The zero-order valence-corrected chi connectivity index (χ0v) is 9.26. The van der Waals surface area contributed by atoms with Crippen molar-refractivity contribution in [2.45, 2.75) is 0 Å². The minimum atomic E-state index is 0.293. The number of aromatic hydroxyl groups is 1. The Morgan fingerprint density at radius 2 is 1.71 bits per heavy atom. The maximum atomic E-state index is 9.81. The largest absolute Gasteiger partial charge is 0.507 e. The molecule has 0 saturated heterocycles. The molecule has 1 aliphatic rings. The van der Waals surface area contributed by atoms with Gasteiger partial charge >= 0.3 is 0 Å². The Balaban J connectivity index is 2.08. The van der Waals surface area contributed by atoms with Crippen molar-refractivity contribution in [2.24, 2.45) is 0 Å². The monoisotopic (exact) mass is 224 g/mol. The number of ether oxygens (including phenoxy) is 1. The lowest BCUT2D eigenvalue weighted by atomic mass is 10.0. The van der Waals surface area contributed by atoms with E-state index in [0.29, 0.717) is 12.4 Å². The highest BCUT2D eigenvalue weighted by molar-refractivity contribution is 5.87. The van der Waals surface area contributed by atoms with Crippen molar-refractivity contribution in [3.8, 4) is 11.5 Å². The number of hydrogen-bond acceptors (Lipinski definition) is 2. The van der Waals surface area contributed by atoms with Gasteiger partial charge in [-0.15, -0.1) is 0 Å². The van der Waals surface area contributed by atoms with Gasteiger partial charge in [-0.1, -0.05) is 36.4 Å². The van der Waals surface area contributed by atoms with Gasteiger partial charge in [0.1, 0.15) is 18.1 Å². The molecule has 2 heteroatoms. The molecule has 0 bridgehead atoms. The predicted molar refractivity (Wildman–Crippen MR) is 67.9 cm³/mol. The predicted octanol–water partition coefficient (Wildman–Crippen LogP) is 3.33. The summed E-state index contributed by atoms with van der Waals surface area (Å²) in [5, 5.41) is 9.81. The molecule has 0 unspecified atom stereocenters. The molecule has 0 spiro atoms. The average Bonchev–Trinajstić information content (AvgIpc) is 2.39. The molecule has 2 nitrogen and oxygen atoms in total. The molecule has 2 aromatic carbocycles. The summed E-state index contributed by atoms with van der Waals surface area (Å²) in [4.78, 5) is 0. The number of hydrogen-bond donors (Lipinski definition) is 1. The summed E-state index contributed by atoms with van der Waals surface area (Å²) < 4.78 is 5.67. The van der Waals surface area contributed by atoms with Gasteiger partial charge in [0.05, 0.1) is 0 Å². The number of phenols is 1. The van der Waals surface area contributed by atoms with Crippen molar-refractivity contribution in [2.75, 3.05) is 6.61 Å². The molecule has 84 valence electrons. The van der Waals surface area contributed by atoms with Crippen LogP contribution in [-0.4, -0.2) is 11.7 Å². The van der Waals surface area contributed by atoms with E-state index < -0.39 is 0 Å². The van der Waals surface area contributed by atoms with Crippen LogP contribution < -0.4 is 4.74 Å². The normalized spacial score (nSPS) is 13.5. The summed E-state index contributed by atoms with van der Waals surface area (Å²) >= 11 is 0. The van der Waals surface area contributed by atoms with E-state index in [2.05, 4.69) is 6.08 Å². The van der Waals surface area contributed by atoms with E-state index in [0.717, 1.165) is 22.4 Å². The van der Waals surface area contributed by atoms with Gasteiger partial charge in [-0.2, -0.15) is 0 Å². The molecule has 1 aliphatic heterocycles. The Morgan fingerprint density at radius 1 is 0.941 bits per heavy atom. The van der Waals surface area contributed by atoms with Crippen molar-refractivity contribution in [1.82, 2.24) is 0 Å². The van der Waals surface area contributed by atoms with Gasteiger partial charge in [-0.05, 0) is 18.2 Å². The fraction of sp³-hybridized carbons (Fsp3) is 0.0667. The second kappa shape index (κ2) is 3.98. The molecule has 0 amide bonds. The van der Waals surface area contributed by atoms with Crippen molar-refractivity contribution in [3.05, 3.63) is 59.7 Å². The molecular formula is C15H12O2. The summed E-state index contributed by atoms with van der Waals surface area (Å²) in [7, 11) is 0. The zero-order valence-electron chi connectivity index (χ0n) is 9.26. The van der Waals surface area contributed by atoms with Gasteiger partial charge in [0.25, 0.3) is 0 Å². The van der Waals surface area contributed by atoms with Crippen LogP contribution in [0.2, 0.25) is 0 Å². The molecule has 0 aliphatic carbocycles. The minimum Gasteiger partial charge on any atom is -0.507 e. The molecule has 0 atom stereocenters. The van der Waals surface area contributed by atoms with Gasteiger partial charge in [0.2, 0.25) is 0 Å². The van der Waals surface area contributed by atoms with Crippen LogP contribution in [0.3, 0.4) is 0 Å². The first-order valence-corrected chi connectivity index (χ1v) is 5.55. The number of rotatable bonds is 1. The highest BCUT2D eigenvalue weighted by Crippen LogP contribution is 2.33. The van der Waals surface area contributed by atoms with E-state index in [1.807, 2.05) is 42.5 Å². The Labute approximate surface area is 99.8 Å². The number of phenolic OH excluding ortho intramolecular Hbond substituents is 1. The summed E-state index contributed by atoms with van der Waals surface area (Å²) in [6.45, 7) is 0.495. The summed E-state index contributed by atoms with van der Waals surface area (Å²) in [5.74, 6) is 1.19. The summed E-state index contributed by atoms with van der Waals surface area (Å²) in [6.07, 6.45) is 2.06. The maximum Gasteiger partial charge on any atom is 0.127 e. The third-order valence-electron chi connectivity index (χ3n) is 2.88. The first-order chi connectivity index (χ1) is 8.34. The van der Waals surface area contributed by atoms with E-state index >= 15 is 0 Å². The van der Waals surface area contributed by atoms with Crippen molar-refractivity contribution < 1.29 is 9.84 Å². The zero-order chi connectivity index (χ0) is 11.7. The first-order valence-electron chi connectivity index (χ1n) is 5.55. The SMILES string of the molecule is Oc1ccccc1C1=Cc2ccccc2OC1. The van der Waals surface area contributed by atoms with Crippen LogP contribution in [0.15, 0.2) is 48.5 Å². The molecule has 1 heterocycles. The lowest BCUT2D eigenvalue weighted by Crippen LogP contribution is -2.06. The van der Waals surface area contributed by atoms with Crippen LogP contribution >= 0.6 is 0 Å². The van der Waals surface area contributed by atoms with Crippen molar-refractivity contribution in [3.63, 3.8) is 0 Å². The number of fused-ring (bicyclic) bond motifs is 1. The Hall–Kier alpha value is -2.22. The van der Waals surface area contributed by atoms with E-state index in [1.165, 1.54) is 0 Å². The minimum absolute atomic E-state index is 0.293. The molecule has 2 aromatic rings. The van der Waals surface area contributed by atoms with Gasteiger partial charge < -0.3 is 9.84 Å². The van der Waals surface area contributed by atoms with Crippen LogP contribution in [0.4, 0.5) is 0 Å². The first kappa shape index (κ1) is 9.97. The third-order valence-corrected chi connectivity index (χ3v) is 2.88. The van der Waals surface area contributed by atoms with Gasteiger partial charge in [0, 0.05) is 16.7 Å². The molecule has 1 N–H and O–H groups in total. The fourth-order valence-corrected chi connectivity index (χ4v) is 2.02. The van der Waals surface area contributed by atoms with Gasteiger partial charge in [-0.3, -0.25) is 0 Å². The smallest absolute Gasteiger partial charge is 0.127 e. The average molecular weight is 224 g/mol. The van der Waals surface area contributed by atoms with E-state index in [-0.39, 0.29) is 0 Å². The van der Waals surface area contributed by atoms with Crippen molar-refractivity contribution in [1.29, 1.82) is 0 Å². The second-order valence-electron chi connectivity index (χ2n) is 4.01. The Bertz CT molecular complexity index is 585. The van der Waals surface area contributed by atoms with Crippen LogP contribution in [0.5, 0.6) is 11.5 Å². The molecule has 0 fully saturated rings. The van der Waals surface area contributed by atoms with Crippen LogP contribution in [0, 0.1) is 0 Å². The topological polar surface area (TPSA) is 29.5 Å². The van der Waals surface area contributed by atoms with E-state index in [9.17, 15) is 5.11 Å². The number of para-hydroxylation sites is 2. The Morgan fingerprint density at radius 3 is 2.59 bits per heavy atom. The van der Waals surface area contributed by atoms with Gasteiger partial charge in [-0.25, -0.2) is 0 Å². The third kappa shape index (κ3) is 1.78. The highest BCUT2D eigenvalue weighted by Gasteiger charge is 2.14. The molecule has 17 heavy (non-hydrogen) atoms. The number of benzene rings is 2. The second-order valence-corrected chi connectivity index (χ2v) is 4.01.